The molecule has 0 aliphatic heterocycles. The molecular formula is C13H15N3O4S. The van der Waals surface area contributed by atoms with Gasteiger partial charge in [-0.25, -0.2) is 8.42 Å². The Bertz CT molecular complexity index is 735. The van der Waals surface area contributed by atoms with Crippen molar-refractivity contribution in [1.29, 1.82) is 0 Å². The minimum absolute atomic E-state index is 0.0806. The van der Waals surface area contributed by atoms with E-state index in [9.17, 15) is 13.2 Å². The fourth-order valence-electron chi connectivity index (χ4n) is 1.63. The van der Waals surface area contributed by atoms with Crippen LogP contribution in [0.2, 0.25) is 0 Å². The maximum Gasteiger partial charge on any atom is 0.327 e. The number of methoxy groups -OCH3 is 1. The summed E-state index contributed by atoms with van der Waals surface area (Å²) in [6.07, 6.45) is 2.75. The summed E-state index contributed by atoms with van der Waals surface area (Å²) in [5.74, 6) is -0.467. The number of nitrogens with one attached hydrogen (secondary N) is 1. The molecule has 1 N–H and O–H groups in total. The van der Waals surface area contributed by atoms with Crippen LogP contribution < -0.4 is 4.72 Å². The molecule has 21 heavy (non-hydrogen) atoms. The van der Waals surface area contributed by atoms with E-state index in [0.29, 0.717) is 0 Å². The molecule has 0 atom stereocenters. The normalized spacial score (nSPS) is 11.1. The predicted octanol–water partition coefficient (Wildman–Crippen LogP) is 1.17. The zero-order chi connectivity index (χ0) is 15.5. The molecule has 1 aromatic heterocycles. The number of anilines is 1. The second-order valence-electron chi connectivity index (χ2n) is 4.42. The number of hydrogen-bond donors (Lipinski definition) is 1. The van der Waals surface area contributed by atoms with Crippen molar-refractivity contribution < 1.29 is 17.9 Å². The lowest BCUT2D eigenvalue weighted by Gasteiger charge is -2.06. The fourth-order valence-corrected chi connectivity index (χ4v) is 2.66. The molecule has 0 saturated carbocycles. The quantitative estimate of drug-likeness (QED) is 0.837. The third kappa shape index (κ3) is 3.82. The number of hydrogen-bond acceptors (Lipinski definition) is 5. The van der Waals surface area contributed by atoms with Crippen molar-refractivity contribution in [3.63, 3.8) is 0 Å². The molecule has 1 aromatic carbocycles. The molecule has 2 rings (SSSR count). The molecular weight excluding hydrogens is 294 g/mol. The van der Waals surface area contributed by atoms with Crippen molar-refractivity contribution in [3.05, 3.63) is 42.2 Å². The number of carbonyl (C=O) groups is 1. The second-order valence-corrected chi connectivity index (χ2v) is 6.10. The van der Waals surface area contributed by atoms with Gasteiger partial charge in [0, 0.05) is 6.20 Å². The van der Waals surface area contributed by atoms with E-state index < -0.39 is 16.0 Å². The van der Waals surface area contributed by atoms with Crippen molar-refractivity contribution in [2.75, 3.05) is 11.8 Å². The maximum absolute atomic E-state index is 12.2. The van der Waals surface area contributed by atoms with Gasteiger partial charge < -0.3 is 4.74 Å². The van der Waals surface area contributed by atoms with Gasteiger partial charge in [0.1, 0.15) is 6.54 Å². The van der Waals surface area contributed by atoms with Gasteiger partial charge in [-0.3, -0.25) is 14.2 Å². The second kappa shape index (κ2) is 5.96. The number of benzene rings is 1. The van der Waals surface area contributed by atoms with E-state index in [4.69, 9.17) is 0 Å². The molecule has 0 spiro atoms. The van der Waals surface area contributed by atoms with E-state index in [1.165, 1.54) is 36.3 Å². The first-order valence-electron chi connectivity index (χ1n) is 6.09. The highest BCUT2D eigenvalue weighted by molar-refractivity contribution is 7.92. The van der Waals surface area contributed by atoms with Crippen LogP contribution >= 0.6 is 0 Å². The van der Waals surface area contributed by atoms with Gasteiger partial charge in [0.25, 0.3) is 10.0 Å². The van der Waals surface area contributed by atoms with Crippen LogP contribution in [0.3, 0.4) is 0 Å². The number of nitrogens with zero attached hydrogens (tertiary/aromatic N) is 2. The Hall–Kier alpha value is -2.35. The SMILES string of the molecule is COC(=O)Cn1cc(NS(=O)(=O)c2ccc(C)cc2)cn1. The van der Waals surface area contributed by atoms with Crippen LogP contribution in [0.1, 0.15) is 5.56 Å². The van der Waals surface area contributed by atoms with Crippen LogP contribution in [0.4, 0.5) is 5.69 Å². The first-order valence-corrected chi connectivity index (χ1v) is 7.58. The van der Waals surface area contributed by atoms with Crippen LogP contribution in [0.15, 0.2) is 41.6 Å². The molecule has 2 aromatic rings. The summed E-state index contributed by atoms with van der Waals surface area (Å²) >= 11 is 0. The number of rotatable bonds is 5. The van der Waals surface area contributed by atoms with Crippen LogP contribution in [0.25, 0.3) is 0 Å². The standard InChI is InChI=1S/C13H15N3O4S/c1-10-3-5-12(6-4-10)21(18,19)15-11-7-14-16(8-11)9-13(17)20-2/h3-8,15H,9H2,1-2H3. The first kappa shape index (κ1) is 15.0. The van der Waals surface area contributed by atoms with E-state index in [-0.39, 0.29) is 17.1 Å². The molecule has 0 aliphatic rings. The monoisotopic (exact) mass is 309 g/mol. The van der Waals surface area contributed by atoms with Crippen LogP contribution in [0.5, 0.6) is 0 Å². The largest absolute Gasteiger partial charge is 0.468 e. The lowest BCUT2D eigenvalue weighted by Crippen LogP contribution is -2.13. The number of sulfonamides is 1. The molecule has 0 radical (unpaired) electrons. The Morgan fingerprint density at radius 3 is 2.62 bits per heavy atom. The minimum atomic E-state index is -3.67. The number of esters is 1. The van der Waals surface area contributed by atoms with E-state index in [0.717, 1.165) is 5.56 Å². The van der Waals surface area contributed by atoms with Crippen molar-refractivity contribution in [2.24, 2.45) is 0 Å². The molecule has 1 heterocycles. The number of ether oxygens (including phenoxy) is 1. The van der Waals surface area contributed by atoms with Gasteiger partial charge >= 0.3 is 5.97 Å². The van der Waals surface area contributed by atoms with Crippen molar-refractivity contribution in [3.8, 4) is 0 Å². The van der Waals surface area contributed by atoms with Crippen molar-refractivity contribution >= 4 is 21.7 Å². The third-order valence-electron chi connectivity index (χ3n) is 2.74. The van der Waals surface area contributed by atoms with Gasteiger partial charge in [-0.2, -0.15) is 5.10 Å². The highest BCUT2D eigenvalue weighted by Crippen LogP contribution is 2.15. The molecule has 0 saturated heterocycles. The Labute approximate surface area is 122 Å². The average Bonchev–Trinajstić information content (AvgIpc) is 2.85. The Morgan fingerprint density at radius 2 is 2.00 bits per heavy atom. The van der Waals surface area contributed by atoms with Gasteiger partial charge in [-0.15, -0.1) is 0 Å². The molecule has 112 valence electrons. The molecule has 0 bridgehead atoms. The van der Waals surface area contributed by atoms with E-state index in [2.05, 4.69) is 14.6 Å². The lowest BCUT2D eigenvalue weighted by atomic mass is 10.2. The van der Waals surface area contributed by atoms with Crippen LogP contribution in [-0.4, -0.2) is 31.3 Å². The summed E-state index contributed by atoms with van der Waals surface area (Å²) in [6, 6.07) is 6.48. The predicted molar refractivity (Wildman–Crippen MR) is 76.2 cm³/mol. The van der Waals surface area contributed by atoms with Gasteiger partial charge in [0.2, 0.25) is 0 Å². The molecule has 0 unspecified atom stereocenters. The van der Waals surface area contributed by atoms with Gasteiger partial charge in [-0.1, -0.05) is 17.7 Å². The average molecular weight is 309 g/mol. The zero-order valence-electron chi connectivity index (χ0n) is 11.6. The number of carbonyl (C=O) groups excluding carboxylic acids is 1. The summed E-state index contributed by atoms with van der Waals surface area (Å²) in [6.45, 7) is 1.80. The summed E-state index contributed by atoms with van der Waals surface area (Å²) in [5.41, 5.74) is 1.25. The molecule has 0 aliphatic carbocycles. The van der Waals surface area contributed by atoms with Crippen LogP contribution in [-0.2, 0) is 26.1 Å². The zero-order valence-corrected chi connectivity index (χ0v) is 12.4. The van der Waals surface area contributed by atoms with Gasteiger partial charge in [0.15, 0.2) is 0 Å². The first-order chi connectivity index (χ1) is 9.90. The molecule has 0 fully saturated rings. The lowest BCUT2D eigenvalue weighted by molar-refractivity contribution is -0.141. The highest BCUT2D eigenvalue weighted by atomic mass is 32.2. The molecule has 7 nitrogen and oxygen atoms in total. The molecule has 0 amide bonds. The van der Waals surface area contributed by atoms with E-state index in [1.54, 1.807) is 12.1 Å². The third-order valence-corrected chi connectivity index (χ3v) is 4.13. The van der Waals surface area contributed by atoms with Crippen LogP contribution in [0, 0.1) is 6.92 Å². The Kier molecular flexibility index (Phi) is 4.27. The highest BCUT2D eigenvalue weighted by Gasteiger charge is 2.15. The summed E-state index contributed by atoms with van der Waals surface area (Å²) in [4.78, 5) is 11.3. The Balaban J connectivity index is 2.14. The fraction of sp³-hybridized carbons (Fsp3) is 0.231. The Morgan fingerprint density at radius 1 is 1.33 bits per heavy atom. The summed E-state index contributed by atoms with van der Waals surface area (Å²) < 4.78 is 32.5. The molecule has 8 heteroatoms. The van der Waals surface area contributed by atoms with Gasteiger partial charge in [-0.05, 0) is 19.1 Å². The minimum Gasteiger partial charge on any atom is -0.468 e. The van der Waals surface area contributed by atoms with Crippen molar-refractivity contribution in [1.82, 2.24) is 9.78 Å². The van der Waals surface area contributed by atoms with Crippen molar-refractivity contribution in [2.45, 2.75) is 18.4 Å². The summed E-state index contributed by atoms with van der Waals surface area (Å²) in [5, 5.41) is 3.88. The van der Waals surface area contributed by atoms with Gasteiger partial charge in [0.05, 0.1) is 23.9 Å². The van der Waals surface area contributed by atoms with E-state index >= 15 is 0 Å². The smallest absolute Gasteiger partial charge is 0.327 e. The summed E-state index contributed by atoms with van der Waals surface area (Å²) in [7, 11) is -2.40. The topological polar surface area (TPSA) is 90.3 Å². The number of aryl methyl sites for hydroxylation is 1. The number of aromatic nitrogens is 2. The van der Waals surface area contributed by atoms with E-state index in [1.807, 2.05) is 6.92 Å². The maximum atomic E-state index is 12.2.